The fourth-order valence-electron chi connectivity index (χ4n) is 1.29. The van der Waals surface area contributed by atoms with Crippen molar-refractivity contribution in [1.82, 2.24) is 0 Å². The van der Waals surface area contributed by atoms with E-state index < -0.39 is 0 Å². The van der Waals surface area contributed by atoms with E-state index in [4.69, 9.17) is 5.73 Å². The highest BCUT2D eigenvalue weighted by atomic mass is 32.2. The molecule has 0 aliphatic carbocycles. The molecule has 0 amide bonds. The third-order valence-electron chi connectivity index (χ3n) is 2.87. The highest BCUT2D eigenvalue weighted by Gasteiger charge is 2.20. The first-order valence-corrected chi connectivity index (χ1v) is 6.75. The van der Waals surface area contributed by atoms with Gasteiger partial charge in [0, 0.05) is 16.7 Å². The van der Waals surface area contributed by atoms with Crippen molar-refractivity contribution < 1.29 is 0 Å². The van der Waals surface area contributed by atoms with Gasteiger partial charge in [0.1, 0.15) is 0 Å². The molecule has 0 saturated heterocycles. The van der Waals surface area contributed by atoms with E-state index in [0.717, 1.165) is 5.75 Å². The van der Waals surface area contributed by atoms with Gasteiger partial charge in [-0.25, -0.2) is 0 Å². The van der Waals surface area contributed by atoms with Gasteiger partial charge in [0.05, 0.1) is 0 Å². The van der Waals surface area contributed by atoms with Crippen molar-refractivity contribution in [2.45, 2.75) is 45.6 Å². The monoisotopic (exact) mass is 237 g/mol. The molecule has 1 aromatic carbocycles. The fraction of sp³-hybridized carbons (Fsp3) is 0.571. The summed E-state index contributed by atoms with van der Waals surface area (Å²) >= 11 is 1.87. The SMILES string of the molecule is Cc1ccc(C)c(SCC(N)C(C)(C)C)c1. The van der Waals surface area contributed by atoms with Crippen LogP contribution in [-0.4, -0.2) is 11.8 Å². The predicted molar refractivity (Wildman–Crippen MR) is 74.1 cm³/mol. The van der Waals surface area contributed by atoms with Gasteiger partial charge in [0.15, 0.2) is 0 Å². The van der Waals surface area contributed by atoms with Crippen molar-refractivity contribution in [2.75, 3.05) is 5.75 Å². The van der Waals surface area contributed by atoms with Crippen molar-refractivity contribution in [2.24, 2.45) is 11.1 Å². The maximum Gasteiger partial charge on any atom is 0.0183 e. The maximum atomic E-state index is 6.17. The van der Waals surface area contributed by atoms with E-state index >= 15 is 0 Å². The number of rotatable bonds is 3. The van der Waals surface area contributed by atoms with Gasteiger partial charge in [-0.2, -0.15) is 0 Å². The molecule has 0 aliphatic heterocycles. The molecule has 0 fully saturated rings. The van der Waals surface area contributed by atoms with Gasteiger partial charge in [0.25, 0.3) is 0 Å². The van der Waals surface area contributed by atoms with Gasteiger partial charge in [-0.1, -0.05) is 38.5 Å². The standard InChI is InChI=1S/C14H23NS/c1-10-6-7-11(2)12(8-10)16-9-13(15)14(3,4)5/h6-8,13H,9,15H2,1-5H3. The Labute approximate surface area is 104 Å². The van der Waals surface area contributed by atoms with Gasteiger partial charge in [-0.15, -0.1) is 11.8 Å². The molecule has 1 nitrogen and oxygen atoms in total. The number of hydrogen-bond acceptors (Lipinski definition) is 2. The van der Waals surface area contributed by atoms with Gasteiger partial charge >= 0.3 is 0 Å². The number of hydrogen-bond donors (Lipinski definition) is 1. The molecule has 1 unspecified atom stereocenters. The molecule has 0 saturated carbocycles. The van der Waals surface area contributed by atoms with Crippen LogP contribution in [0, 0.1) is 19.3 Å². The minimum atomic E-state index is 0.185. The summed E-state index contributed by atoms with van der Waals surface area (Å²) in [4.78, 5) is 1.36. The van der Waals surface area contributed by atoms with Crippen LogP contribution in [0.25, 0.3) is 0 Å². The Morgan fingerprint density at radius 1 is 1.25 bits per heavy atom. The molecule has 1 rings (SSSR count). The first kappa shape index (κ1) is 13.6. The lowest BCUT2D eigenvalue weighted by Gasteiger charge is -2.26. The topological polar surface area (TPSA) is 26.0 Å². The average molecular weight is 237 g/mol. The Morgan fingerprint density at radius 2 is 1.88 bits per heavy atom. The Hall–Kier alpha value is -0.470. The third kappa shape index (κ3) is 3.84. The van der Waals surface area contributed by atoms with Gasteiger partial charge < -0.3 is 5.73 Å². The lowest BCUT2D eigenvalue weighted by Crippen LogP contribution is -2.37. The second-order valence-corrected chi connectivity index (χ2v) is 6.61. The van der Waals surface area contributed by atoms with E-state index in [-0.39, 0.29) is 11.5 Å². The van der Waals surface area contributed by atoms with Crippen LogP contribution in [0.5, 0.6) is 0 Å². The Balaban J connectivity index is 2.64. The zero-order chi connectivity index (χ0) is 12.3. The second-order valence-electron chi connectivity index (χ2n) is 5.55. The molecule has 1 aromatic rings. The van der Waals surface area contributed by atoms with E-state index in [9.17, 15) is 0 Å². The van der Waals surface area contributed by atoms with Crippen LogP contribution in [0.2, 0.25) is 0 Å². The van der Waals surface area contributed by atoms with E-state index in [1.165, 1.54) is 16.0 Å². The number of nitrogens with two attached hydrogens (primary N) is 1. The molecule has 0 aromatic heterocycles. The van der Waals surface area contributed by atoms with Crippen molar-refractivity contribution in [1.29, 1.82) is 0 Å². The Kier molecular flexibility index (Phi) is 4.45. The summed E-state index contributed by atoms with van der Waals surface area (Å²) in [7, 11) is 0. The third-order valence-corrected chi connectivity index (χ3v) is 4.15. The fourth-order valence-corrected chi connectivity index (χ4v) is 2.72. The van der Waals surface area contributed by atoms with E-state index in [1.807, 2.05) is 11.8 Å². The number of thioether (sulfide) groups is 1. The normalized spacial score (nSPS) is 13.9. The molecule has 0 heterocycles. The summed E-state index contributed by atoms with van der Waals surface area (Å²) in [6.07, 6.45) is 0. The smallest absolute Gasteiger partial charge is 0.0183 e. The molecule has 90 valence electrons. The van der Waals surface area contributed by atoms with Crippen molar-refractivity contribution in [3.8, 4) is 0 Å². The molecular weight excluding hydrogens is 214 g/mol. The zero-order valence-electron chi connectivity index (χ0n) is 11.0. The summed E-state index contributed by atoms with van der Waals surface area (Å²) < 4.78 is 0. The van der Waals surface area contributed by atoms with Gasteiger partial charge in [0.2, 0.25) is 0 Å². The van der Waals surface area contributed by atoms with Crippen LogP contribution in [0.3, 0.4) is 0 Å². The number of aryl methyl sites for hydroxylation is 2. The first-order chi connectivity index (χ1) is 7.30. The molecule has 0 bridgehead atoms. The summed E-state index contributed by atoms with van der Waals surface area (Å²) in [5.74, 6) is 0.980. The van der Waals surface area contributed by atoms with Crippen LogP contribution in [0.4, 0.5) is 0 Å². The van der Waals surface area contributed by atoms with Crippen LogP contribution in [0.1, 0.15) is 31.9 Å². The first-order valence-electron chi connectivity index (χ1n) is 5.76. The quantitative estimate of drug-likeness (QED) is 0.810. The number of benzene rings is 1. The van der Waals surface area contributed by atoms with Crippen LogP contribution in [0.15, 0.2) is 23.1 Å². The van der Waals surface area contributed by atoms with Gasteiger partial charge in [-0.3, -0.25) is 0 Å². The summed E-state index contributed by atoms with van der Waals surface area (Å²) in [5, 5.41) is 0. The van der Waals surface area contributed by atoms with Crippen LogP contribution < -0.4 is 5.73 Å². The highest BCUT2D eigenvalue weighted by molar-refractivity contribution is 7.99. The molecule has 0 radical (unpaired) electrons. The van der Waals surface area contributed by atoms with Crippen LogP contribution in [-0.2, 0) is 0 Å². The molecule has 0 aliphatic rings. The van der Waals surface area contributed by atoms with E-state index in [2.05, 4.69) is 52.8 Å². The van der Waals surface area contributed by atoms with Gasteiger partial charge in [-0.05, 0) is 30.9 Å². The maximum absolute atomic E-state index is 6.17. The summed E-state index contributed by atoms with van der Waals surface area (Å²) in [6, 6.07) is 6.82. The second kappa shape index (κ2) is 5.24. The molecule has 1 atom stereocenters. The summed E-state index contributed by atoms with van der Waals surface area (Å²) in [5.41, 5.74) is 9.01. The lowest BCUT2D eigenvalue weighted by molar-refractivity contribution is 0.344. The predicted octanol–water partition coefficient (Wildman–Crippen LogP) is 3.77. The Bertz CT molecular complexity index is 352. The highest BCUT2D eigenvalue weighted by Crippen LogP contribution is 2.27. The molecule has 16 heavy (non-hydrogen) atoms. The van der Waals surface area contributed by atoms with Crippen molar-refractivity contribution in [3.05, 3.63) is 29.3 Å². The molecular formula is C14H23NS. The zero-order valence-corrected chi connectivity index (χ0v) is 11.8. The minimum Gasteiger partial charge on any atom is -0.326 e. The average Bonchev–Trinajstić information content (AvgIpc) is 2.17. The molecule has 0 spiro atoms. The molecule has 2 heteroatoms. The van der Waals surface area contributed by atoms with E-state index in [1.54, 1.807) is 0 Å². The largest absolute Gasteiger partial charge is 0.326 e. The van der Waals surface area contributed by atoms with Crippen molar-refractivity contribution >= 4 is 11.8 Å². The Morgan fingerprint density at radius 3 is 2.44 bits per heavy atom. The lowest BCUT2D eigenvalue weighted by atomic mass is 9.89. The minimum absolute atomic E-state index is 0.185. The van der Waals surface area contributed by atoms with E-state index in [0.29, 0.717) is 0 Å². The van der Waals surface area contributed by atoms with Crippen molar-refractivity contribution in [3.63, 3.8) is 0 Å². The summed E-state index contributed by atoms with van der Waals surface area (Å²) in [6.45, 7) is 10.9. The van der Waals surface area contributed by atoms with Crippen LogP contribution >= 0.6 is 11.8 Å². The molecule has 2 N–H and O–H groups in total.